The number of fused-ring (bicyclic) bond motifs is 2. The van der Waals surface area contributed by atoms with Gasteiger partial charge in [-0.1, -0.05) is 30.3 Å². The van der Waals surface area contributed by atoms with Crippen molar-refractivity contribution < 1.29 is 14.5 Å². The Balaban J connectivity index is 1.59. The summed E-state index contributed by atoms with van der Waals surface area (Å²) in [6.45, 7) is 1.88. The van der Waals surface area contributed by atoms with E-state index in [4.69, 9.17) is 10.4 Å². The largest absolute Gasteiger partial charge is 0.563 e. The highest BCUT2D eigenvalue weighted by molar-refractivity contribution is 6.64. The van der Waals surface area contributed by atoms with E-state index in [9.17, 15) is 9.82 Å². The van der Waals surface area contributed by atoms with Crippen molar-refractivity contribution >= 4 is 40.7 Å². The first kappa shape index (κ1) is 18.3. The molecule has 28 heavy (non-hydrogen) atoms. The highest BCUT2D eigenvalue weighted by atomic mass is 16.5. The van der Waals surface area contributed by atoms with Gasteiger partial charge in [-0.3, -0.25) is 9.78 Å². The SMILES string of the molecule is CC1=Nc2ccc([C@@H](CN)C(=O)Cc3ccc4cnccc4c3)cc2B(O)O1. The first-order chi connectivity index (χ1) is 13.5. The normalized spacial score (nSPS) is 14.2. The summed E-state index contributed by atoms with van der Waals surface area (Å²) in [6.07, 6.45) is 3.82. The predicted octanol–water partition coefficient (Wildman–Crippen LogP) is 1.86. The minimum Gasteiger partial charge on any atom is -0.522 e. The molecule has 3 aromatic rings. The molecular formula is C21H20BN3O3. The van der Waals surface area contributed by atoms with Crippen molar-refractivity contribution in [3.05, 3.63) is 66.0 Å². The molecule has 1 aliphatic rings. The molecule has 140 valence electrons. The number of hydrogen-bond donors (Lipinski definition) is 2. The molecule has 6 nitrogen and oxygen atoms in total. The lowest BCUT2D eigenvalue weighted by molar-refractivity contribution is -0.119. The number of hydrogen-bond acceptors (Lipinski definition) is 6. The van der Waals surface area contributed by atoms with Crippen molar-refractivity contribution in [3.63, 3.8) is 0 Å². The maximum Gasteiger partial charge on any atom is 0.563 e. The van der Waals surface area contributed by atoms with Crippen LogP contribution in [0.25, 0.3) is 10.8 Å². The minimum atomic E-state index is -1.09. The molecule has 2 heterocycles. The number of nitrogens with two attached hydrogens (primary N) is 1. The predicted molar refractivity (Wildman–Crippen MR) is 110 cm³/mol. The number of nitrogens with zero attached hydrogens (tertiary/aromatic N) is 2. The van der Waals surface area contributed by atoms with E-state index in [0.29, 0.717) is 17.0 Å². The number of ketones is 1. The van der Waals surface area contributed by atoms with Gasteiger partial charge in [0.15, 0.2) is 5.90 Å². The van der Waals surface area contributed by atoms with Crippen molar-refractivity contribution in [2.45, 2.75) is 19.3 Å². The maximum atomic E-state index is 13.0. The highest BCUT2D eigenvalue weighted by Crippen LogP contribution is 2.24. The van der Waals surface area contributed by atoms with E-state index in [-0.39, 0.29) is 18.7 Å². The third kappa shape index (κ3) is 3.54. The van der Waals surface area contributed by atoms with Gasteiger partial charge in [0.05, 0.1) is 11.6 Å². The molecule has 1 atom stereocenters. The van der Waals surface area contributed by atoms with E-state index < -0.39 is 13.0 Å². The average molecular weight is 373 g/mol. The Hall–Kier alpha value is -3.03. The molecule has 0 fully saturated rings. The summed E-state index contributed by atoms with van der Waals surface area (Å²) in [6, 6.07) is 13.2. The molecule has 2 aromatic carbocycles. The quantitative estimate of drug-likeness (QED) is 0.666. The molecule has 0 spiro atoms. The Morgan fingerprint density at radius 2 is 2.07 bits per heavy atom. The monoisotopic (exact) mass is 373 g/mol. The highest BCUT2D eigenvalue weighted by Gasteiger charge is 2.29. The molecule has 3 N–H and O–H groups in total. The number of carbonyl (C=O) groups is 1. The van der Waals surface area contributed by atoms with Crippen LogP contribution < -0.4 is 11.2 Å². The Bertz CT molecular complexity index is 1080. The van der Waals surface area contributed by atoms with Crippen LogP contribution in [0.15, 0.2) is 59.9 Å². The molecule has 0 aliphatic carbocycles. The van der Waals surface area contributed by atoms with Crippen molar-refractivity contribution in [2.75, 3.05) is 6.54 Å². The maximum absolute atomic E-state index is 13.0. The summed E-state index contributed by atoms with van der Waals surface area (Å²) < 4.78 is 5.26. The Labute approximate surface area is 163 Å². The number of Topliss-reactive ketones (excluding diaryl/α,β-unsaturated/α-hetero) is 1. The summed E-state index contributed by atoms with van der Waals surface area (Å²) >= 11 is 0. The summed E-state index contributed by atoms with van der Waals surface area (Å²) in [7, 11) is -1.09. The molecule has 0 saturated carbocycles. The first-order valence-electron chi connectivity index (χ1n) is 9.14. The van der Waals surface area contributed by atoms with Crippen LogP contribution in [0.3, 0.4) is 0 Å². The third-order valence-corrected chi connectivity index (χ3v) is 4.99. The van der Waals surface area contributed by atoms with Crippen LogP contribution in [-0.2, 0) is 15.9 Å². The molecule has 0 bridgehead atoms. The van der Waals surface area contributed by atoms with Gasteiger partial charge in [0.25, 0.3) is 0 Å². The second-order valence-corrected chi connectivity index (χ2v) is 6.91. The zero-order chi connectivity index (χ0) is 19.7. The average Bonchev–Trinajstić information content (AvgIpc) is 2.68. The van der Waals surface area contributed by atoms with Crippen LogP contribution in [-0.4, -0.2) is 35.4 Å². The number of aromatic nitrogens is 1. The third-order valence-electron chi connectivity index (χ3n) is 4.99. The molecule has 0 amide bonds. The smallest absolute Gasteiger partial charge is 0.522 e. The molecule has 0 unspecified atom stereocenters. The van der Waals surface area contributed by atoms with E-state index >= 15 is 0 Å². The molecular weight excluding hydrogens is 353 g/mol. The molecule has 0 saturated heterocycles. The van der Waals surface area contributed by atoms with E-state index in [0.717, 1.165) is 21.9 Å². The van der Waals surface area contributed by atoms with Gasteiger partial charge in [-0.05, 0) is 28.6 Å². The first-order valence-corrected chi connectivity index (χ1v) is 9.14. The van der Waals surface area contributed by atoms with Crippen LogP contribution in [0.1, 0.15) is 24.0 Å². The van der Waals surface area contributed by atoms with E-state index in [2.05, 4.69) is 9.98 Å². The van der Waals surface area contributed by atoms with Gasteiger partial charge >= 0.3 is 7.12 Å². The number of aliphatic imine (C=N–C) groups is 1. The van der Waals surface area contributed by atoms with Crippen molar-refractivity contribution in [2.24, 2.45) is 10.7 Å². The lowest BCUT2D eigenvalue weighted by Crippen LogP contribution is -2.39. The van der Waals surface area contributed by atoms with Crippen molar-refractivity contribution in [1.82, 2.24) is 4.98 Å². The Kier molecular flexibility index (Phi) is 4.94. The fourth-order valence-electron chi connectivity index (χ4n) is 3.53. The van der Waals surface area contributed by atoms with Crippen LogP contribution in [0.4, 0.5) is 5.69 Å². The van der Waals surface area contributed by atoms with Crippen LogP contribution in [0.2, 0.25) is 0 Å². The summed E-state index contributed by atoms with van der Waals surface area (Å²) in [5, 5.41) is 12.2. The van der Waals surface area contributed by atoms with E-state index in [1.165, 1.54) is 0 Å². The lowest BCUT2D eigenvalue weighted by Gasteiger charge is -2.20. The molecule has 1 aromatic heterocycles. The minimum absolute atomic E-state index is 0.0294. The lowest BCUT2D eigenvalue weighted by atomic mass is 9.75. The van der Waals surface area contributed by atoms with Crippen LogP contribution >= 0.6 is 0 Å². The van der Waals surface area contributed by atoms with E-state index in [1.807, 2.05) is 30.3 Å². The van der Waals surface area contributed by atoms with Gasteiger partial charge in [0.1, 0.15) is 5.78 Å². The fraction of sp³-hybridized carbons (Fsp3) is 0.190. The van der Waals surface area contributed by atoms with Gasteiger partial charge in [-0.15, -0.1) is 0 Å². The van der Waals surface area contributed by atoms with Gasteiger partial charge in [0, 0.05) is 43.1 Å². The number of benzene rings is 2. The zero-order valence-corrected chi connectivity index (χ0v) is 15.5. The van der Waals surface area contributed by atoms with Gasteiger partial charge in [-0.2, -0.15) is 0 Å². The number of rotatable bonds is 5. The number of carbonyl (C=O) groups excluding carboxylic acids is 1. The van der Waals surface area contributed by atoms with Crippen LogP contribution in [0, 0.1) is 0 Å². The summed E-state index contributed by atoms with van der Waals surface area (Å²) in [4.78, 5) is 21.4. The molecule has 4 rings (SSSR count). The molecule has 1 aliphatic heterocycles. The van der Waals surface area contributed by atoms with Crippen molar-refractivity contribution in [1.29, 1.82) is 0 Å². The van der Waals surface area contributed by atoms with Gasteiger partial charge < -0.3 is 15.4 Å². The van der Waals surface area contributed by atoms with Gasteiger partial charge in [-0.25, -0.2) is 4.99 Å². The molecule has 0 radical (unpaired) electrons. The number of pyridine rings is 1. The summed E-state index contributed by atoms with van der Waals surface area (Å²) in [5.41, 5.74) is 8.82. The Morgan fingerprint density at radius 3 is 2.89 bits per heavy atom. The zero-order valence-electron chi connectivity index (χ0n) is 15.5. The Morgan fingerprint density at radius 1 is 1.21 bits per heavy atom. The molecule has 7 heteroatoms. The van der Waals surface area contributed by atoms with E-state index in [1.54, 1.807) is 31.5 Å². The second-order valence-electron chi connectivity index (χ2n) is 6.91. The van der Waals surface area contributed by atoms with Gasteiger partial charge in [0.2, 0.25) is 0 Å². The topological polar surface area (TPSA) is 97.8 Å². The van der Waals surface area contributed by atoms with Crippen LogP contribution in [0.5, 0.6) is 0 Å². The second kappa shape index (κ2) is 7.54. The summed E-state index contributed by atoms with van der Waals surface area (Å²) in [5.74, 6) is -0.0231. The fourth-order valence-corrected chi connectivity index (χ4v) is 3.53. The standard InChI is InChI=1S/C21H20BN3O3/c1-13-25-20-5-4-16(10-19(20)22(27)28-13)18(11-23)21(26)9-14-2-3-17-12-24-7-6-15(17)8-14/h2-8,10,12,18,27H,9,11,23H2,1H3/t18-/m1/s1. The van der Waals surface area contributed by atoms with Crippen molar-refractivity contribution in [3.8, 4) is 0 Å².